The standard InChI is InChI=1S/C15H21N3/c1-4-18(10-11(2)3)15-12-7-5-6-8-14(12)17-9-13(15)16/h5-9,11H,4,10,16H2,1-3H3. The molecule has 0 bridgehead atoms. The van der Waals surface area contributed by atoms with Crippen LogP contribution in [0.25, 0.3) is 10.9 Å². The molecule has 2 aromatic rings. The Balaban J connectivity index is 2.56. The van der Waals surface area contributed by atoms with Gasteiger partial charge in [-0.25, -0.2) is 0 Å². The number of fused-ring (bicyclic) bond motifs is 1. The summed E-state index contributed by atoms with van der Waals surface area (Å²) in [6.07, 6.45) is 1.76. The van der Waals surface area contributed by atoms with E-state index in [0.717, 1.165) is 35.4 Å². The van der Waals surface area contributed by atoms with Gasteiger partial charge in [-0.1, -0.05) is 32.0 Å². The lowest BCUT2D eigenvalue weighted by Crippen LogP contribution is -2.28. The van der Waals surface area contributed by atoms with Crippen molar-refractivity contribution >= 4 is 22.3 Å². The summed E-state index contributed by atoms with van der Waals surface area (Å²) in [6.45, 7) is 8.58. The van der Waals surface area contributed by atoms with Crippen molar-refractivity contribution < 1.29 is 0 Å². The molecular formula is C15H21N3. The molecule has 0 saturated carbocycles. The monoisotopic (exact) mass is 243 g/mol. The number of nitrogen functional groups attached to an aromatic ring is 1. The Morgan fingerprint density at radius 1 is 1.28 bits per heavy atom. The van der Waals surface area contributed by atoms with Gasteiger partial charge < -0.3 is 10.6 Å². The third-order valence-corrected chi connectivity index (χ3v) is 3.06. The van der Waals surface area contributed by atoms with Crippen molar-refractivity contribution in [2.45, 2.75) is 20.8 Å². The Kier molecular flexibility index (Phi) is 3.70. The molecule has 1 heterocycles. The third-order valence-electron chi connectivity index (χ3n) is 3.06. The van der Waals surface area contributed by atoms with Crippen LogP contribution >= 0.6 is 0 Å². The molecule has 1 aromatic carbocycles. The zero-order valence-corrected chi connectivity index (χ0v) is 11.4. The van der Waals surface area contributed by atoms with Crippen LogP contribution in [0.2, 0.25) is 0 Å². The molecule has 3 heteroatoms. The van der Waals surface area contributed by atoms with Gasteiger partial charge in [0, 0.05) is 18.5 Å². The highest BCUT2D eigenvalue weighted by atomic mass is 15.1. The van der Waals surface area contributed by atoms with Crippen LogP contribution in [0.1, 0.15) is 20.8 Å². The van der Waals surface area contributed by atoms with Crippen molar-refractivity contribution in [2.75, 3.05) is 23.7 Å². The SMILES string of the molecule is CCN(CC(C)C)c1c(N)cnc2ccccc12. The molecule has 0 spiro atoms. The smallest absolute Gasteiger partial charge is 0.0745 e. The maximum absolute atomic E-state index is 6.13. The van der Waals surface area contributed by atoms with Gasteiger partial charge in [0.2, 0.25) is 0 Å². The molecule has 2 N–H and O–H groups in total. The Bertz CT molecular complexity index is 534. The second kappa shape index (κ2) is 5.25. The van der Waals surface area contributed by atoms with E-state index in [-0.39, 0.29) is 0 Å². The fourth-order valence-corrected chi connectivity index (χ4v) is 2.31. The Hall–Kier alpha value is -1.77. The number of hydrogen-bond donors (Lipinski definition) is 1. The van der Waals surface area contributed by atoms with Crippen molar-refractivity contribution in [3.8, 4) is 0 Å². The van der Waals surface area contributed by atoms with E-state index in [1.54, 1.807) is 6.20 Å². The molecule has 1 aromatic heterocycles. The molecule has 0 aliphatic carbocycles. The van der Waals surface area contributed by atoms with Crippen LogP contribution in [0.5, 0.6) is 0 Å². The lowest BCUT2D eigenvalue weighted by molar-refractivity contribution is 0.620. The van der Waals surface area contributed by atoms with Gasteiger partial charge in [-0.15, -0.1) is 0 Å². The molecular weight excluding hydrogens is 222 g/mol. The first-order valence-corrected chi connectivity index (χ1v) is 6.51. The van der Waals surface area contributed by atoms with E-state index in [4.69, 9.17) is 5.73 Å². The minimum Gasteiger partial charge on any atom is -0.396 e. The first-order valence-electron chi connectivity index (χ1n) is 6.51. The van der Waals surface area contributed by atoms with Crippen LogP contribution in [-0.4, -0.2) is 18.1 Å². The van der Waals surface area contributed by atoms with Gasteiger partial charge in [-0.3, -0.25) is 4.98 Å². The Morgan fingerprint density at radius 2 is 2.00 bits per heavy atom. The van der Waals surface area contributed by atoms with E-state index < -0.39 is 0 Å². The largest absolute Gasteiger partial charge is 0.396 e. The molecule has 0 saturated heterocycles. The molecule has 0 radical (unpaired) electrons. The molecule has 0 unspecified atom stereocenters. The highest BCUT2D eigenvalue weighted by Crippen LogP contribution is 2.31. The summed E-state index contributed by atoms with van der Waals surface area (Å²) in [4.78, 5) is 6.72. The molecule has 3 nitrogen and oxygen atoms in total. The first kappa shape index (κ1) is 12.7. The lowest BCUT2D eigenvalue weighted by Gasteiger charge is -2.27. The second-order valence-electron chi connectivity index (χ2n) is 5.01. The summed E-state index contributed by atoms with van der Waals surface area (Å²) in [5.41, 5.74) is 9.02. The van der Waals surface area contributed by atoms with Gasteiger partial charge >= 0.3 is 0 Å². The van der Waals surface area contributed by atoms with Crippen LogP contribution in [-0.2, 0) is 0 Å². The highest BCUT2D eigenvalue weighted by molar-refractivity contribution is 5.97. The molecule has 18 heavy (non-hydrogen) atoms. The van der Waals surface area contributed by atoms with Crippen LogP contribution in [0.15, 0.2) is 30.5 Å². The van der Waals surface area contributed by atoms with E-state index in [1.165, 1.54) is 0 Å². The van der Waals surface area contributed by atoms with Crippen LogP contribution in [0.4, 0.5) is 11.4 Å². The third kappa shape index (κ3) is 2.40. The van der Waals surface area contributed by atoms with E-state index in [1.807, 2.05) is 18.2 Å². The average molecular weight is 243 g/mol. The zero-order chi connectivity index (χ0) is 13.1. The van der Waals surface area contributed by atoms with E-state index in [0.29, 0.717) is 5.92 Å². The molecule has 0 amide bonds. The van der Waals surface area contributed by atoms with Gasteiger partial charge in [0.05, 0.1) is 23.1 Å². The lowest BCUT2D eigenvalue weighted by atomic mass is 10.1. The first-order chi connectivity index (χ1) is 8.63. The topological polar surface area (TPSA) is 42.1 Å². The predicted molar refractivity (Wildman–Crippen MR) is 78.9 cm³/mol. The number of aromatic nitrogens is 1. The van der Waals surface area contributed by atoms with Crippen molar-refractivity contribution in [1.82, 2.24) is 4.98 Å². The number of nitrogens with two attached hydrogens (primary N) is 1. The van der Waals surface area contributed by atoms with Gasteiger partial charge in [0.1, 0.15) is 0 Å². The summed E-state index contributed by atoms with van der Waals surface area (Å²) >= 11 is 0. The van der Waals surface area contributed by atoms with E-state index >= 15 is 0 Å². The van der Waals surface area contributed by atoms with Gasteiger partial charge in [-0.2, -0.15) is 0 Å². The fourth-order valence-electron chi connectivity index (χ4n) is 2.31. The Morgan fingerprint density at radius 3 is 2.67 bits per heavy atom. The molecule has 0 fully saturated rings. The number of benzene rings is 1. The second-order valence-corrected chi connectivity index (χ2v) is 5.01. The molecule has 0 aliphatic rings. The molecule has 0 aliphatic heterocycles. The number of para-hydroxylation sites is 1. The number of pyridine rings is 1. The quantitative estimate of drug-likeness (QED) is 0.896. The van der Waals surface area contributed by atoms with Crippen molar-refractivity contribution in [1.29, 1.82) is 0 Å². The van der Waals surface area contributed by atoms with Crippen molar-refractivity contribution in [2.24, 2.45) is 5.92 Å². The highest BCUT2D eigenvalue weighted by Gasteiger charge is 2.13. The maximum atomic E-state index is 6.13. The molecule has 2 rings (SSSR count). The summed E-state index contributed by atoms with van der Waals surface area (Å²) in [7, 11) is 0. The average Bonchev–Trinajstić information content (AvgIpc) is 2.36. The summed E-state index contributed by atoms with van der Waals surface area (Å²) in [5, 5.41) is 1.14. The summed E-state index contributed by atoms with van der Waals surface area (Å²) in [5.74, 6) is 0.608. The van der Waals surface area contributed by atoms with E-state index in [2.05, 4.69) is 36.7 Å². The minimum atomic E-state index is 0.608. The summed E-state index contributed by atoms with van der Waals surface area (Å²) in [6, 6.07) is 8.17. The van der Waals surface area contributed by atoms with Crippen LogP contribution in [0.3, 0.4) is 0 Å². The predicted octanol–water partition coefficient (Wildman–Crippen LogP) is 3.30. The normalized spacial score (nSPS) is 11.1. The number of hydrogen-bond acceptors (Lipinski definition) is 3. The fraction of sp³-hybridized carbons (Fsp3) is 0.400. The van der Waals surface area contributed by atoms with Crippen molar-refractivity contribution in [3.63, 3.8) is 0 Å². The molecule has 0 atom stereocenters. The van der Waals surface area contributed by atoms with Gasteiger partial charge in [0.25, 0.3) is 0 Å². The van der Waals surface area contributed by atoms with Crippen LogP contribution in [0, 0.1) is 5.92 Å². The zero-order valence-electron chi connectivity index (χ0n) is 11.4. The van der Waals surface area contributed by atoms with Gasteiger partial charge in [0.15, 0.2) is 0 Å². The number of nitrogens with zero attached hydrogens (tertiary/aromatic N) is 2. The Labute approximate surface area is 109 Å². The van der Waals surface area contributed by atoms with Crippen molar-refractivity contribution in [3.05, 3.63) is 30.5 Å². The summed E-state index contributed by atoms with van der Waals surface area (Å²) < 4.78 is 0. The minimum absolute atomic E-state index is 0.608. The van der Waals surface area contributed by atoms with E-state index in [9.17, 15) is 0 Å². The molecule has 96 valence electrons. The maximum Gasteiger partial charge on any atom is 0.0745 e. The van der Waals surface area contributed by atoms with Gasteiger partial charge in [-0.05, 0) is 18.9 Å². The number of rotatable bonds is 4. The van der Waals surface area contributed by atoms with Crippen LogP contribution < -0.4 is 10.6 Å². The number of anilines is 2.